The van der Waals surface area contributed by atoms with Crippen molar-refractivity contribution in [3.8, 4) is 11.1 Å². The molecular weight excluding hydrogens is 438 g/mol. The summed E-state index contributed by atoms with van der Waals surface area (Å²) >= 11 is 0. The number of carbonyl (C=O) groups excluding carboxylic acids is 3. The second-order valence-corrected chi connectivity index (χ2v) is 8.64. The number of rotatable bonds is 8. The number of hydrogen-bond donors (Lipinski definition) is 3. The summed E-state index contributed by atoms with van der Waals surface area (Å²) in [6, 6.07) is 16.0. The van der Waals surface area contributed by atoms with Gasteiger partial charge < -0.3 is 25.4 Å². The summed E-state index contributed by atoms with van der Waals surface area (Å²) in [4.78, 5) is 48.7. The number of alkyl carbamates (subject to hydrolysis) is 1. The van der Waals surface area contributed by atoms with Gasteiger partial charge in [-0.05, 0) is 22.3 Å². The van der Waals surface area contributed by atoms with Crippen LogP contribution in [0.1, 0.15) is 24.0 Å². The fraction of sp³-hybridized carbons (Fsp3) is 0.360. The first-order valence-electron chi connectivity index (χ1n) is 11.2. The molecule has 2 aromatic rings. The summed E-state index contributed by atoms with van der Waals surface area (Å²) in [5, 5.41) is 13.9. The monoisotopic (exact) mass is 465 g/mol. The number of nitrogens with one attached hydrogen (secondary N) is 2. The zero-order valence-electron chi connectivity index (χ0n) is 18.8. The van der Waals surface area contributed by atoms with Gasteiger partial charge in [-0.25, -0.2) is 4.79 Å². The van der Waals surface area contributed by atoms with E-state index in [-0.39, 0.29) is 37.4 Å². The maximum Gasteiger partial charge on any atom is 0.407 e. The van der Waals surface area contributed by atoms with Crippen LogP contribution in [-0.2, 0) is 19.1 Å². The molecule has 1 saturated heterocycles. The third-order valence-corrected chi connectivity index (χ3v) is 6.53. The standard InChI is InChI=1S/C25H27N3O6/c1-15(24(31)32)16-12-28(13-16)23(30)11-26-22(29)10-27-25(33)34-14-21-19-8-4-2-6-17(19)18-7-3-5-9-20(18)21/h2-9,15-16,21H,10-14H2,1H3,(H,26,29)(H,27,33)(H,31,32). The molecule has 0 spiro atoms. The van der Waals surface area contributed by atoms with Crippen LogP contribution in [0.2, 0.25) is 0 Å². The van der Waals surface area contributed by atoms with E-state index in [9.17, 15) is 19.2 Å². The Labute approximate surface area is 197 Å². The highest BCUT2D eigenvalue weighted by Gasteiger charge is 2.37. The van der Waals surface area contributed by atoms with Gasteiger partial charge in [-0.3, -0.25) is 14.4 Å². The molecule has 1 heterocycles. The van der Waals surface area contributed by atoms with Crippen molar-refractivity contribution < 1.29 is 29.0 Å². The summed E-state index contributed by atoms with van der Waals surface area (Å²) in [5.41, 5.74) is 4.45. The van der Waals surface area contributed by atoms with E-state index in [2.05, 4.69) is 10.6 Å². The van der Waals surface area contributed by atoms with Gasteiger partial charge in [-0.15, -0.1) is 0 Å². The first-order chi connectivity index (χ1) is 16.3. The van der Waals surface area contributed by atoms with Gasteiger partial charge in [0.1, 0.15) is 13.2 Å². The lowest BCUT2D eigenvalue weighted by atomic mass is 9.87. The number of carboxylic acids is 1. The van der Waals surface area contributed by atoms with E-state index in [1.165, 1.54) is 4.90 Å². The Bertz CT molecular complexity index is 1070. The fourth-order valence-corrected chi connectivity index (χ4v) is 4.38. The van der Waals surface area contributed by atoms with Crippen LogP contribution >= 0.6 is 0 Å². The largest absolute Gasteiger partial charge is 0.481 e. The molecule has 2 aromatic carbocycles. The van der Waals surface area contributed by atoms with Crippen LogP contribution in [0.25, 0.3) is 11.1 Å². The first kappa shape index (κ1) is 23.3. The normalized spacial score (nSPS) is 15.5. The van der Waals surface area contributed by atoms with Crippen molar-refractivity contribution in [1.82, 2.24) is 15.5 Å². The van der Waals surface area contributed by atoms with Crippen LogP contribution < -0.4 is 10.6 Å². The lowest BCUT2D eigenvalue weighted by Crippen LogP contribution is -2.56. The Morgan fingerprint density at radius 2 is 1.56 bits per heavy atom. The molecule has 3 N–H and O–H groups in total. The number of carboxylic acid groups (broad SMARTS) is 1. The van der Waals surface area contributed by atoms with E-state index in [1.54, 1.807) is 6.92 Å². The van der Waals surface area contributed by atoms with Crippen LogP contribution in [0.15, 0.2) is 48.5 Å². The van der Waals surface area contributed by atoms with Gasteiger partial charge in [-0.1, -0.05) is 55.5 Å². The summed E-state index contributed by atoms with van der Waals surface area (Å²) in [6.07, 6.45) is -0.711. The number of likely N-dealkylation sites (tertiary alicyclic amines) is 1. The van der Waals surface area contributed by atoms with Gasteiger partial charge in [0.25, 0.3) is 0 Å². The van der Waals surface area contributed by atoms with E-state index in [0.717, 1.165) is 22.3 Å². The van der Waals surface area contributed by atoms with E-state index in [4.69, 9.17) is 9.84 Å². The molecule has 0 bridgehead atoms. The lowest BCUT2D eigenvalue weighted by Gasteiger charge is -2.41. The molecule has 0 aromatic heterocycles. The van der Waals surface area contributed by atoms with E-state index in [1.807, 2.05) is 48.5 Å². The van der Waals surface area contributed by atoms with Gasteiger partial charge >= 0.3 is 12.1 Å². The van der Waals surface area contributed by atoms with Crippen LogP contribution in [-0.4, -0.2) is 66.7 Å². The van der Waals surface area contributed by atoms with Crippen molar-refractivity contribution in [3.63, 3.8) is 0 Å². The van der Waals surface area contributed by atoms with Crippen LogP contribution in [0.5, 0.6) is 0 Å². The summed E-state index contributed by atoms with van der Waals surface area (Å²) in [6.45, 7) is 1.96. The maximum absolute atomic E-state index is 12.1. The maximum atomic E-state index is 12.1. The minimum absolute atomic E-state index is 0.0752. The molecule has 34 heavy (non-hydrogen) atoms. The van der Waals surface area contributed by atoms with Crippen molar-refractivity contribution >= 4 is 23.9 Å². The van der Waals surface area contributed by atoms with Crippen LogP contribution in [0.3, 0.4) is 0 Å². The van der Waals surface area contributed by atoms with Gasteiger partial charge in [0.15, 0.2) is 0 Å². The van der Waals surface area contributed by atoms with Gasteiger partial charge in [0, 0.05) is 24.9 Å². The second-order valence-electron chi connectivity index (χ2n) is 8.64. The van der Waals surface area contributed by atoms with E-state index >= 15 is 0 Å². The minimum atomic E-state index is -0.885. The molecular formula is C25H27N3O6. The van der Waals surface area contributed by atoms with Crippen molar-refractivity contribution in [2.24, 2.45) is 11.8 Å². The Morgan fingerprint density at radius 3 is 2.15 bits per heavy atom. The molecule has 1 fully saturated rings. The molecule has 178 valence electrons. The van der Waals surface area contributed by atoms with Crippen LogP contribution in [0, 0.1) is 11.8 Å². The topological polar surface area (TPSA) is 125 Å². The number of benzene rings is 2. The predicted octanol–water partition coefficient (Wildman–Crippen LogP) is 1.82. The lowest BCUT2D eigenvalue weighted by molar-refractivity contribution is -0.150. The molecule has 0 radical (unpaired) electrons. The fourth-order valence-electron chi connectivity index (χ4n) is 4.38. The SMILES string of the molecule is CC(C(=O)O)C1CN(C(=O)CNC(=O)CNC(=O)OCC2c3ccccc3-c3ccccc32)C1. The van der Waals surface area contributed by atoms with E-state index in [0.29, 0.717) is 13.1 Å². The average molecular weight is 466 g/mol. The van der Waals surface area contributed by atoms with Gasteiger partial charge in [-0.2, -0.15) is 0 Å². The quantitative estimate of drug-likeness (QED) is 0.546. The number of hydrogen-bond acceptors (Lipinski definition) is 5. The molecule has 9 nitrogen and oxygen atoms in total. The van der Waals surface area contributed by atoms with Crippen molar-refractivity contribution in [1.29, 1.82) is 0 Å². The molecule has 1 aliphatic heterocycles. The highest BCUT2D eigenvalue weighted by Crippen LogP contribution is 2.44. The number of ether oxygens (including phenoxy) is 1. The van der Waals surface area contributed by atoms with Crippen molar-refractivity contribution in [3.05, 3.63) is 59.7 Å². The average Bonchev–Trinajstić information content (AvgIpc) is 3.12. The van der Waals surface area contributed by atoms with Crippen LogP contribution in [0.4, 0.5) is 4.79 Å². The van der Waals surface area contributed by atoms with E-state index < -0.39 is 23.9 Å². The third-order valence-electron chi connectivity index (χ3n) is 6.53. The molecule has 0 saturated carbocycles. The summed E-state index contributed by atoms with van der Waals surface area (Å²) in [7, 11) is 0. The zero-order chi connectivity index (χ0) is 24.2. The molecule has 2 aliphatic rings. The Hall–Kier alpha value is -3.88. The molecule has 1 aliphatic carbocycles. The predicted molar refractivity (Wildman–Crippen MR) is 123 cm³/mol. The summed E-state index contributed by atoms with van der Waals surface area (Å²) < 4.78 is 5.38. The number of fused-ring (bicyclic) bond motifs is 3. The molecule has 1 atom stereocenters. The highest BCUT2D eigenvalue weighted by atomic mass is 16.5. The zero-order valence-corrected chi connectivity index (χ0v) is 18.8. The number of nitrogens with zero attached hydrogens (tertiary/aromatic N) is 1. The van der Waals surface area contributed by atoms with Gasteiger partial charge in [0.05, 0.1) is 12.5 Å². The molecule has 4 rings (SSSR count). The van der Waals surface area contributed by atoms with Gasteiger partial charge in [0.2, 0.25) is 11.8 Å². The number of aliphatic carboxylic acids is 1. The second kappa shape index (κ2) is 9.94. The number of carbonyl (C=O) groups is 4. The smallest absolute Gasteiger partial charge is 0.407 e. The molecule has 3 amide bonds. The van der Waals surface area contributed by atoms with Crippen molar-refractivity contribution in [2.75, 3.05) is 32.8 Å². The molecule has 9 heteroatoms. The minimum Gasteiger partial charge on any atom is -0.481 e. The Balaban J connectivity index is 1.18. The highest BCUT2D eigenvalue weighted by molar-refractivity contribution is 5.87. The first-order valence-corrected chi connectivity index (χ1v) is 11.2. The summed E-state index contributed by atoms with van der Waals surface area (Å²) in [5.74, 6) is -2.35. The Kier molecular flexibility index (Phi) is 6.81. The van der Waals surface area contributed by atoms with Crippen molar-refractivity contribution in [2.45, 2.75) is 12.8 Å². The Morgan fingerprint density at radius 1 is 0.971 bits per heavy atom. The molecule has 1 unspecified atom stereocenters. The number of amides is 3. The third kappa shape index (κ3) is 4.88.